The van der Waals surface area contributed by atoms with Gasteiger partial charge in [0.25, 0.3) is 0 Å². The van der Waals surface area contributed by atoms with E-state index in [0.717, 1.165) is 18.8 Å². The van der Waals surface area contributed by atoms with Gasteiger partial charge < -0.3 is 10.6 Å². The second-order valence-electron chi connectivity index (χ2n) is 5.69. The zero-order valence-corrected chi connectivity index (χ0v) is 11.8. The van der Waals surface area contributed by atoms with Crippen molar-refractivity contribution in [3.63, 3.8) is 0 Å². The Hall–Kier alpha value is -1.02. The minimum absolute atomic E-state index is 0.352. The monoisotopic (exact) mass is 234 g/mol. The summed E-state index contributed by atoms with van der Waals surface area (Å²) < 4.78 is 0. The van der Waals surface area contributed by atoms with E-state index in [0.29, 0.717) is 11.3 Å². The summed E-state index contributed by atoms with van der Waals surface area (Å²) in [7, 11) is 1.94. The van der Waals surface area contributed by atoms with Crippen LogP contribution in [0, 0.1) is 11.3 Å². The summed E-state index contributed by atoms with van der Waals surface area (Å²) in [4.78, 5) is 0. The molecule has 0 aromatic heterocycles. The van der Waals surface area contributed by atoms with Crippen molar-refractivity contribution >= 4 is 5.69 Å². The van der Waals surface area contributed by atoms with E-state index in [1.54, 1.807) is 0 Å². The van der Waals surface area contributed by atoms with Crippen molar-refractivity contribution in [3.8, 4) is 0 Å². The van der Waals surface area contributed by atoms with Gasteiger partial charge in [0.1, 0.15) is 0 Å². The molecule has 0 atom stereocenters. The molecule has 2 heteroatoms. The van der Waals surface area contributed by atoms with E-state index in [9.17, 15) is 0 Å². The highest BCUT2D eigenvalue weighted by atomic mass is 14.9. The number of rotatable bonds is 6. The van der Waals surface area contributed by atoms with Crippen LogP contribution >= 0.6 is 0 Å². The fraction of sp³-hybridized carbons (Fsp3) is 0.600. The molecule has 0 amide bonds. The van der Waals surface area contributed by atoms with E-state index in [2.05, 4.69) is 62.6 Å². The highest BCUT2D eigenvalue weighted by Gasteiger charge is 2.21. The smallest absolute Gasteiger partial charge is 0.0337 e. The minimum Gasteiger partial charge on any atom is -0.388 e. The first-order valence-corrected chi connectivity index (χ1v) is 6.43. The van der Waals surface area contributed by atoms with E-state index in [4.69, 9.17) is 0 Å². The summed E-state index contributed by atoms with van der Waals surface area (Å²) in [5.74, 6) is 0.696. The van der Waals surface area contributed by atoms with Gasteiger partial charge in [-0.3, -0.25) is 0 Å². The number of nitrogens with one attached hydrogen (secondary N) is 2. The Morgan fingerprint density at radius 2 is 1.71 bits per heavy atom. The Labute approximate surface area is 106 Å². The van der Waals surface area contributed by atoms with Crippen molar-refractivity contribution in [2.45, 2.75) is 34.2 Å². The Kier molecular flexibility index (Phi) is 5.01. The van der Waals surface area contributed by atoms with Gasteiger partial charge in [0.2, 0.25) is 0 Å². The SMILES string of the molecule is CNc1ccc(CNCC(C)(C)C(C)C)cc1. The quantitative estimate of drug-likeness (QED) is 0.787. The number of anilines is 1. The van der Waals surface area contributed by atoms with Crippen molar-refractivity contribution in [2.24, 2.45) is 11.3 Å². The molecule has 0 spiro atoms. The van der Waals surface area contributed by atoms with Gasteiger partial charge in [-0.15, -0.1) is 0 Å². The number of hydrogen-bond acceptors (Lipinski definition) is 2. The zero-order chi connectivity index (χ0) is 12.9. The first-order valence-electron chi connectivity index (χ1n) is 6.43. The lowest BCUT2D eigenvalue weighted by Crippen LogP contribution is -2.33. The van der Waals surface area contributed by atoms with Crippen LogP contribution in [0.4, 0.5) is 5.69 Å². The van der Waals surface area contributed by atoms with E-state index in [-0.39, 0.29) is 0 Å². The Morgan fingerprint density at radius 1 is 1.12 bits per heavy atom. The van der Waals surface area contributed by atoms with Crippen molar-refractivity contribution in [1.82, 2.24) is 5.32 Å². The molecule has 0 saturated heterocycles. The van der Waals surface area contributed by atoms with Gasteiger partial charge >= 0.3 is 0 Å². The third-order valence-corrected chi connectivity index (χ3v) is 3.72. The molecule has 0 fully saturated rings. The molecule has 0 heterocycles. The van der Waals surface area contributed by atoms with Gasteiger partial charge in [-0.05, 0) is 29.0 Å². The molecule has 0 bridgehead atoms. The fourth-order valence-corrected chi connectivity index (χ4v) is 1.52. The molecule has 0 aliphatic carbocycles. The summed E-state index contributed by atoms with van der Waals surface area (Å²) in [6.45, 7) is 11.2. The van der Waals surface area contributed by atoms with Crippen LogP contribution in [-0.4, -0.2) is 13.6 Å². The van der Waals surface area contributed by atoms with Crippen LogP contribution in [0.5, 0.6) is 0 Å². The molecule has 0 aliphatic heterocycles. The molecule has 1 rings (SSSR count). The highest BCUT2D eigenvalue weighted by Crippen LogP contribution is 2.24. The molecule has 0 aliphatic rings. The molecular weight excluding hydrogens is 208 g/mol. The predicted molar refractivity (Wildman–Crippen MR) is 76.3 cm³/mol. The van der Waals surface area contributed by atoms with Crippen LogP contribution in [0.2, 0.25) is 0 Å². The van der Waals surface area contributed by atoms with E-state index < -0.39 is 0 Å². The van der Waals surface area contributed by atoms with Crippen molar-refractivity contribution in [2.75, 3.05) is 18.9 Å². The van der Waals surface area contributed by atoms with E-state index in [1.165, 1.54) is 5.56 Å². The standard InChI is InChI=1S/C15H26N2/c1-12(2)15(3,4)11-17-10-13-6-8-14(16-5)9-7-13/h6-9,12,16-17H,10-11H2,1-5H3. The fourth-order valence-electron chi connectivity index (χ4n) is 1.52. The minimum atomic E-state index is 0.352. The molecule has 2 nitrogen and oxygen atoms in total. The van der Waals surface area contributed by atoms with Crippen molar-refractivity contribution in [3.05, 3.63) is 29.8 Å². The normalized spacial score (nSPS) is 11.9. The van der Waals surface area contributed by atoms with Gasteiger partial charge in [0.15, 0.2) is 0 Å². The second-order valence-corrected chi connectivity index (χ2v) is 5.69. The predicted octanol–water partition coefficient (Wildman–Crippen LogP) is 3.50. The average molecular weight is 234 g/mol. The first kappa shape index (κ1) is 14.0. The summed E-state index contributed by atoms with van der Waals surface area (Å²) in [5, 5.41) is 6.67. The summed E-state index contributed by atoms with van der Waals surface area (Å²) in [6, 6.07) is 8.57. The number of benzene rings is 1. The maximum Gasteiger partial charge on any atom is 0.0337 e. The Morgan fingerprint density at radius 3 is 2.18 bits per heavy atom. The van der Waals surface area contributed by atoms with Crippen LogP contribution in [-0.2, 0) is 6.54 Å². The van der Waals surface area contributed by atoms with Crippen LogP contribution in [0.1, 0.15) is 33.3 Å². The van der Waals surface area contributed by atoms with Crippen molar-refractivity contribution in [1.29, 1.82) is 0 Å². The van der Waals surface area contributed by atoms with Crippen LogP contribution < -0.4 is 10.6 Å². The maximum atomic E-state index is 3.54. The molecule has 1 aromatic carbocycles. The molecule has 0 unspecified atom stereocenters. The van der Waals surface area contributed by atoms with Gasteiger partial charge in [-0.25, -0.2) is 0 Å². The molecule has 2 N–H and O–H groups in total. The Bertz CT molecular complexity index is 325. The van der Waals surface area contributed by atoms with Gasteiger partial charge in [0, 0.05) is 25.8 Å². The van der Waals surface area contributed by atoms with Gasteiger partial charge in [0.05, 0.1) is 0 Å². The summed E-state index contributed by atoms with van der Waals surface area (Å²) in [6.07, 6.45) is 0. The van der Waals surface area contributed by atoms with E-state index >= 15 is 0 Å². The summed E-state index contributed by atoms with van der Waals surface area (Å²) in [5.41, 5.74) is 2.85. The lowest BCUT2D eigenvalue weighted by molar-refractivity contribution is 0.238. The largest absolute Gasteiger partial charge is 0.388 e. The number of hydrogen-bond donors (Lipinski definition) is 2. The topological polar surface area (TPSA) is 24.1 Å². The van der Waals surface area contributed by atoms with E-state index in [1.807, 2.05) is 7.05 Å². The molecule has 96 valence electrons. The average Bonchev–Trinajstić information content (AvgIpc) is 2.29. The van der Waals surface area contributed by atoms with Gasteiger partial charge in [-0.1, -0.05) is 39.8 Å². The molecular formula is C15H26N2. The van der Waals surface area contributed by atoms with Crippen LogP contribution in [0.15, 0.2) is 24.3 Å². The molecule has 1 aromatic rings. The second kappa shape index (κ2) is 6.06. The van der Waals surface area contributed by atoms with Gasteiger partial charge in [-0.2, -0.15) is 0 Å². The lowest BCUT2D eigenvalue weighted by Gasteiger charge is -2.29. The maximum absolute atomic E-state index is 3.54. The van der Waals surface area contributed by atoms with Crippen molar-refractivity contribution < 1.29 is 0 Å². The summed E-state index contributed by atoms with van der Waals surface area (Å²) >= 11 is 0. The molecule has 0 saturated carbocycles. The Balaban J connectivity index is 2.40. The molecule has 17 heavy (non-hydrogen) atoms. The highest BCUT2D eigenvalue weighted by molar-refractivity contribution is 5.43. The third-order valence-electron chi connectivity index (χ3n) is 3.72. The lowest BCUT2D eigenvalue weighted by atomic mass is 9.81. The molecule has 0 radical (unpaired) electrons. The zero-order valence-electron chi connectivity index (χ0n) is 11.8. The first-order chi connectivity index (χ1) is 7.95. The van der Waals surface area contributed by atoms with Crippen LogP contribution in [0.3, 0.4) is 0 Å². The third kappa shape index (κ3) is 4.39. The van der Waals surface area contributed by atoms with Crippen LogP contribution in [0.25, 0.3) is 0 Å².